The van der Waals surface area contributed by atoms with Crippen molar-refractivity contribution in [3.05, 3.63) is 0 Å². The largest absolute Gasteiger partial charge is 0.343 e. The van der Waals surface area contributed by atoms with Crippen LogP contribution in [-0.2, 0) is 14.6 Å². The van der Waals surface area contributed by atoms with Gasteiger partial charge in [-0.1, -0.05) is 12.8 Å². The number of carbonyl (C=O) groups excluding carboxylic acids is 1. The van der Waals surface area contributed by atoms with Crippen molar-refractivity contribution in [2.75, 3.05) is 12.8 Å². The van der Waals surface area contributed by atoms with E-state index in [9.17, 15) is 13.2 Å². The Hall–Kier alpha value is -0.330. The van der Waals surface area contributed by atoms with Crippen molar-refractivity contribution >= 4 is 28.2 Å². The van der Waals surface area contributed by atoms with E-state index in [0.29, 0.717) is 12.1 Å². The molecule has 1 N–H and O–H groups in total. The Morgan fingerprint density at radius 2 is 1.65 bits per heavy atom. The van der Waals surface area contributed by atoms with E-state index in [1.807, 2.05) is 11.9 Å². The van der Waals surface area contributed by atoms with Crippen molar-refractivity contribution in [2.45, 2.75) is 81.2 Å². The summed E-state index contributed by atoms with van der Waals surface area (Å²) in [6.07, 6.45) is 8.16. The van der Waals surface area contributed by atoms with Crippen molar-refractivity contribution in [3.8, 4) is 0 Å². The topological polar surface area (TPSA) is 66.5 Å². The first-order valence-corrected chi connectivity index (χ1v) is 10.4. The molecular weight excluding hydrogens is 336 g/mol. The Bertz CT molecular complexity index is 507. The molecule has 23 heavy (non-hydrogen) atoms. The number of rotatable bonds is 5. The lowest BCUT2D eigenvalue weighted by Gasteiger charge is -2.35. The molecule has 0 spiro atoms. The lowest BCUT2D eigenvalue weighted by Crippen LogP contribution is -2.49. The second-order valence-electron chi connectivity index (χ2n) is 7.29. The first-order valence-electron chi connectivity index (χ1n) is 8.69. The van der Waals surface area contributed by atoms with Crippen LogP contribution in [0.1, 0.15) is 57.8 Å². The van der Waals surface area contributed by atoms with Crippen LogP contribution in [0.5, 0.6) is 0 Å². The molecule has 5 nitrogen and oxygen atoms in total. The number of nitrogens with zero attached hydrogens (tertiary/aromatic N) is 1. The van der Waals surface area contributed by atoms with E-state index in [-0.39, 0.29) is 41.8 Å². The summed E-state index contributed by atoms with van der Waals surface area (Å²) < 4.78 is 24.5. The molecule has 3 rings (SSSR count). The quantitative estimate of drug-likeness (QED) is 0.809. The molecule has 2 aliphatic heterocycles. The van der Waals surface area contributed by atoms with Gasteiger partial charge in [-0.2, -0.15) is 0 Å². The average molecular weight is 365 g/mol. The fourth-order valence-electron chi connectivity index (χ4n) is 4.37. The third-order valence-electron chi connectivity index (χ3n) is 5.80. The van der Waals surface area contributed by atoms with Crippen molar-refractivity contribution in [1.82, 2.24) is 10.2 Å². The fraction of sp³-hybridized carbons (Fsp3) is 0.938. The Morgan fingerprint density at radius 3 is 2.22 bits per heavy atom. The van der Waals surface area contributed by atoms with Crippen molar-refractivity contribution in [3.63, 3.8) is 0 Å². The molecule has 0 aromatic rings. The maximum atomic E-state index is 12.4. The van der Waals surface area contributed by atoms with Gasteiger partial charge < -0.3 is 10.2 Å². The standard InChI is InChI=1S/C16H28N2O3S.ClH/c1-18(14-10-12-6-7-13(11-14)17-12)16(19)8-9-22(20,21)15-4-2-3-5-15;/h12-15,17H,2-11H2,1H3;1H. The van der Waals surface area contributed by atoms with E-state index in [1.54, 1.807) is 0 Å². The molecule has 3 fully saturated rings. The number of halogens is 1. The second kappa shape index (κ2) is 7.70. The van der Waals surface area contributed by atoms with Gasteiger partial charge in [-0.25, -0.2) is 8.42 Å². The Kier molecular flexibility index (Phi) is 6.36. The highest BCUT2D eigenvalue weighted by atomic mass is 35.5. The zero-order chi connectivity index (χ0) is 15.7. The number of piperidine rings is 1. The molecule has 2 atom stereocenters. The first-order chi connectivity index (χ1) is 10.5. The number of hydrogen-bond donors (Lipinski definition) is 1. The van der Waals surface area contributed by atoms with E-state index in [4.69, 9.17) is 0 Å². The van der Waals surface area contributed by atoms with Crippen LogP contribution in [0, 0.1) is 0 Å². The molecule has 0 aromatic heterocycles. The Balaban J connectivity index is 0.00000192. The number of fused-ring (bicyclic) bond motifs is 2. The van der Waals surface area contributed by atoms with Crippen LogP contribution >= 0.6 is 12.4 Å². The van der Waals surface area contributed by atoms with E-state index in [1.165, 1.54) is 12.8 Å². The third-order valence-corrected chi connectivity index (χ3v) is 8.06. The van der Waals surface area contributed by atoms with Gasteiger partial charge in [0.2, 0.25) is 5.91 Å². The van der Waals surface area contributed by atoms with Gasteiger partial charge in [0.25, 0.3) is 0 Å². The minimum atomic E-state index is -3.09. The Morgan fingerprint density at radius 1 is 1.09 bits per heavy atom. The van der Waals surface area contributed by atoms with Crippen LogP contribution in [0.4, 0.5) is 0 Å². The van der Waals surface area contributed by atoms with E-state index < -0.39 is 9.84 Å². The van der Waals surface area contributed by atoms with Crippen LogP contribution in [0.2, 0.25) is 0 Å². The van der Waals surface area contributed by atoms with Crippen LogP contribution in [0.3, 0.4) is 0 Å². The van der Waals surface area contributed by atoms with Crippen LogP contribution in [0.25, 0.3) is 0 Å². The summed E-state index contributed by atoms with van der Waals surface area (Å²) in [5.41, 5.74) is 0. The molecule has 1 saturated carbocycles. The number of hydrogen-bond acceptors (Lipinski definition) is 4. The number of nitrogens with one attached hydrogen (secondary N) is 1. The lowest BCUT2D eigenvalue weighted by atomic mass is 9.98. The Labute approximate surface area is 145 Å². The predicted octanol–water partition coefficient (Wildman–Crippen LogP) is 1.90. The fourth-order valence-corrected chi connectivity index (χ4v) is 6.21. The molecule has 2 saturated heterocycles. The minimum absolute atomic E-state index is 0. The number of sulfone groups is 1. The van der Waals surface area contributed by atoms with Gasteiger partial charge in [0.1, 0.15) is 0 Å². The lowest BCUT2D eigenvalue weighted by molar-refractivity contribution is -0.132. The maximum absolute atomic E-state index is 12.4. The zero-order valence-corrected chi connectivity index (χ0v) is 15.5. The van der Waals surface area contributed by atoms with Gasteiger partial charge in [-0.05, 0) is 38.5 Å². The molecule has 0 aromatic carbocycles. The predicted molar refractivity (Wildman–Crippen MR) is 93.6 cm³/mol. The van der Waals surface area contributed by atoms with E-state index >= 15 is 0 Å². The molecule has 2 bridgehead atoms. The van der Waals surface area contributed by atoms with Crippen LogP contribution in [-0.4, -0.2) is 55.4 Å². The third kappa shape index (κ3) is 4.40. The molecule has 134 valence electrons. The van der Waals surface area contributed by atoms with Gasteiger partial charge >= 0.3 is 0 Å². The number of amides is 1. The molecule has 1 aliphatic carbocycles. The first kappa shape index (κ1) is 19.0. The average Bonchev–Trinajstić information content (AvgIpc) is 3.14. The summed E-state index contributed by atoms with van der Waals surface area (Å²) in [7, 11) is -1.24. The van der Waals surface area contributed by atoms with Gasteiger partial charge in [0, 0.05) is 31.6 Å². The monoisotopic (exact) mass is 364 g/mol. The number of carbonyl (C=O) groups is 1. The summed E-state index contributed by atoms with van der Waals surface area (Å²) in [6.45, 7) is 0. The molecule has 7 heteroatoms. The molecule has 3 aliphatic rings. The van der Waals surface area contributed by atoms with Crippen molar-refractivity contribution in [2.24, 2.45) is 0 Å². The SMILES string of the molecule is CN(C(=O)CCS(=O)(=O)C1CCCC1)C1CC2CCC(C1)N2.Cl. The van der Waals surface area contributed by atoms with E-state index in [2.05, 4.69) is 5.32 Å². The van der Waals surface area contributed by atoms with Crippen molar-refractivity contribution < 1.29 is 13.2 Å². The van der Waals surface area contributed by atoms with E-state index in [0.717, 1.165) is 38.5 Å². The maximum Gasteiger partial charge on any atom is 0.223 e. The normalized spacial score (nSPS) is 30.9. The smallest absolute Gasteiger partial charge is 0.223 e. The van der Waals surface area contributed by atoms with Gasteiger partial charge in [0.15, 0.2) is 9.84 Å². The summed E-state index contributed by atoms with van der Waals surface area (Å²) in [6, 6.07) is 1.36. The van der Waals surface area contributed by atoms with Gasteiger partial charge in [-0.3, -0.25) is 4.79 Å². The highest BCUT2D eigenvalue weighted by molar-refractivity contribution is 7.92. The highest BCUT2D eigenvalue weighted by Crippen LogP contribution is 2.30. The summed E-state index contributed by atoms with van der Waals surface area (Å²) >= 11 is 0. The minimum Gasteiger partial charge on any atom is -0.343 e. The molecule has 1 amide bonds. The molecule has 2 unspecified atom stereocenters. The molecule has 2 heterocycles. The second-order valence-corrected chi connectivity index (χ2v) is 9.69. The zero-order valence-electron chi connectivity index (χ0n) is 13.9. The summed E-state index contributed by atoms with van der Waals surface area (Å²) in [4.78, 5) is 14.2. The molecule has 0 radical (unpaired) electrons. The van der Waals surface area contributed by atoms with Crippen LogP contribution < -0.4 is 5.32 Å². The highest BCUT2D eigenvalue weighted by Gasteiger charge is 2.36. The summed E-state index contributed by atoms with van der Waals surface area (Å²) in [5, 5.41) is 3.38. The molecular formula is C16H29ClN2O3S. The van der Waals surface area contributed by atoms with Gasteiger partial charge in [-0.15, -0.1) is 12.4 Å². The van der Waals surface area contributed by atoms with Crippen LogP contribution in [0.15, 0.2) is 0 Å². The summed E-state index contributed by atoms with van der Waals surface area (Å²) in [5.74, 6) is 0.0199. The van der Waals surface area contributed by atoms with Gasteiger partial charge in [0.05, 0.1) is 11.0 Å². The van der Waals surface area contributed by atoms with Crippen molar-refractivity contribution in [1.29, 1.82) is 0 Å².